The average Bonchev–Trinajstić information content (AvgIpc) is 2.82. The lowest BCUT2D eigenvalue weighted by molar-refractivity contribution is 1.05. The Morgan fingerprint density at radius 2 is 1.93 bits per heavy atom. The van der Waals surface area contributed by atoms with Crippen LogP contribution in [0.4, 0.5) is 0 Å². The van der Waals surface area contributed by atoms with Crippen LogP contribution in [0.25, 0.3) is 22.2 Å². The van der Waals surface area contributed by atoms with E-state index in [0.717, 1.165) is 22.2 Å². The molecule has 0 bridgehead atoms. The number of rotatable bonds is 1. The topological polar surface area (TPSA) is 41.6 Å². The average molecular weight is 195 g/mol. The predicted molar refractivity (Wildman–Crippen MR) is 59.3 cm³/mol. The van der Waals surface area contributed by atoms with Gasteiger partial charge in [0.1, 0.15) is 5.69 Å². The highest BCUT2D eigenvalue weighted by Crippen LogP contribution is 2.23. The first-order valence-corrected chi connectivity index (χ1v) is 4.79. The molecule has 1 aromatic carbocycles. The zero-order chi connectivity index (χ0) is 10.1. The molecule has 3 rings (SSSR count). The minimum atomic E-state index is 0.901. The fraction of sp³-hybridized carbons (Fsp3) is 0. The zero-order valence-electron chi connectivity index (χ0n) is 8.01. The maximum atomic E-state index is 4.17. The summed E-state index contributed by atoms with van der Waals surface area (Å²) >= 11 is 0. The molecule has 2 aromatic heterocycles. The first-order valence-electron chi connectivity index (χ1n) is 4.79. The van der Waals surface area contributed by atoms with Gasteiger partial charge in [0.05, 0.1) is 11.9 Å². The lowest BCUT2D eigenvalue weighted by Gasteiger charge is -2.01. The number of hydrogen-bond acceptors (Lipinski definition) is 2. The number of fused-ring (bicyclic) bond motifs is 1. The highest BCUT2D eigenvalue weighted by Gasteiger charge is 2.05. The Morgan fingerprint density at radius 3 is 2.80 bits per heavy atom. The number of aromatic amines is 1. The third-order valence-electron chi connectivity index (χ3n) is 2.42. The molecule has 0 saturated heterocycles. The maximum Gasteiger partial charge on any atom is 0.117 e. The Labute approximate surface area is 86.8 Å². The number of nitrogens with one attached hydrogen (secondary N) is 1. The lowest BCUT2D eigenvalue weighted by atomic mass is 10.1. The van der Waals surface area contributed by atoms with Gasteiger partial charge in [-0.3, -0.25) is 0 Å². The van der Waals surface area contributed by atoms with E-state index in [1.165, 1.54) is 0 Å². The summed E-state index contributed by atoms with van der Waals surface area (Å²) in [5.74, 6) is 0. The number of H-pyrrole nitrogens is 1. The molecule has 0 fully saturated rings. The Bertz CT molecular complexity index is 579. The van der Waals surface area contributed by atoms with Gasteiger partial charge in [-0.2, -0.15) is 5.10 Å². The van der Waals surface area contributed by atoms with Crippen LogP contribution in [0.3, 0.4) is 0 Å². The fourth-order valence-electron chi connectivity index (χ4n) is 1.70. The van der Waals surface area contributed by atoms with E-state index >= 15 is 0 Å². The Hall–Kier alpha value is -2.16. The van der Waals surface area contributed by atoms with Gasteiger partial charge < -0.3 is 4.98 Å². The second-order valence-electron chi connectivity index (χ2n) is 3.36. The van der Waals surface area contributed by atoms with Crippen molar-refractivity contribution in [2.75, 3.05) is 0 Å². The van der Waals surface area contributed by atoms with Crippen molar-refractivity contribution in [2.45, 2.75) is 0 Å². The molecule has 0 amide bonds. The molecule has 0 aliphatic rings. The zero-order valence-corrected chi connectivity index (χ0v) is 8.01. The van der Waals surface area contributed by atoms with Crippen LogP contribution in [0.1, 0.15) is 0 Å². The van der Waals surface area contributed by atoms with E-state index in [4.69, 9.17) is 0 Å². The van der Waals surface area contributed by atoms with Crippen LogP contribution in [-0.2, 0) is 0 Å². The van der Waals surface area contributed by atoms with E-state index in [0.29, 0.717) is 0 Å². The van der Waals surface area contributed by atoms with Crippen LogP contribution >= 0.6 is 0 Å². The predicted octanol–water partition coefficient (Wildman–Crippen LogP) is 2.62. The van der Waals surface area contributed by atoms with Crippen LogP contribution in [0, 0.1) is 0 Å². The number of hydrogen-bond donors (Lipinski definition) is 1. The molecule has 1 N–H and O–H groups in total. The van der Waals surface area contributed by atoms with Crippen molar-refractivity contribution in [3.8, 4) is 11.4 Å². The molecule has 0 aliphatic carbocycles. The summed E-state index contributed by atoms with van der Waals surface area (Å²) in [4.78, 5) is 3.14. The van der Waals surface area contributed by atoms with E-state index in [2.05, 4.69) is 21.2 Å². The van der Waals surface area contributed by atoms with Gasteiger partial charge in [-0.1, -0.05) is 24.3 Å². The molecule has 0 spiro atoms. The molecule has 15 heavy (non-hydrogen) atoms. The Kier molecular flexibility index (Phi) is 1.75. The van der Waals surface area contributed by atoms with E-state index in [-0.39, 0.29) is 0 Å². The lowest BCUT2D eigenvalue weighted by Crippen LogP contribution is -1.89. The maximum absolute atomic E-state index is 4.17. The van der Waals surface area contributed by atoms with Crippen LogP contribution in [-0.4, -0.2) is 15.2 Å². The highest BCUT2D eigenvalue weighted by atomic mass is 15.1. The highest BCUT2D eigenvalue weighted by molar-refractivity contribution is 5.92. The van der Waals surface area contributed by atoms with Crippen molar-refractivity contribution in [3.63, 3.8) is 0 Å². The molecular weight excluding hydrogens is 186 g/mol. The number of benzene rings is 1. The quantitative estimate of drug-likeness (QED) is 0.648. The molecule has 3 nitrogen and oxygen atoms in total. The van der Waals surface area contributed by atoms with Gasteiger partial charge in [0.25, 0.3) is 0 Å². The molecule has 0 aliphatic heterocycles. The van der Waals surface area contributed by atoms with Crippen LogP contribution in [0.15, 0.2) is 48.8 Å². The fourth-order valence-corrected chi connectivity index (χ4v) is 1.70. The van der Waals surface area contributed by atoms with Crippen LogP contribution < -0.4 is 0 Å². The SMILES string of the molecule is c1c[nH]c(-c2nncc3ccccc23)c1. The molecule has 0 radical (unpaired) electrons. The molecule has 0 atom stereocenters. The van der Waals surface area contributed by atoms with Gasteiger partial charge in [0.2, 0.25) is 0 Å². The van der Waals surface area contributed by atoms with Gasteiger partial charge in [0, 0.05) is 17.0 Å². The number of nitrogens with zero attached hydrogens (tertiary/aromatic N) is 2. The third-order valence-corrected chi connectivity index (χ3v) is 2.42. The molecule has 0 unspecified atom stereocenters. The molecule has 0 saturated carbocycles. The van der Waals surface area contributed by atoms with Gasteiger partial charge >= 0.3 is 0 Å². The smallest absolute Gasteiger partial charge is 0.117 e. The number of aromatic nitrogens is 3. The monoisotopic (exact) mass is 195 g/mol. The standard InChI is InChI=1S/C12H9N3/c1-2-5-10-9(4-1)8-14-15-12(10)11-6-3-7-13-11/h1-8,13H. The normalized spacial score (nSPS) is 10.7. The van der Waals surface area contributed by atoms with E-state index < -0.39 is 0 Å². The van der Waals surface area contributed by atoms with Crippen molar-refractivity contribution in [2.24, 2.45) is 0 Å². The summed E-state index contributed by atoms with van der Waals surface area (Å²) in [7, 11) is 0. The summed E-state index contributed by atoms with van der Waals surface area (Å²) in [5.41, 5.74) is 1.90. The van der Waals surface area contributed by atoms with Crippen molar-refractivity contribution in [1.29, 1.82) is 0 Å². The summed E-state index contributed by atoms with van der Waals surface area (Å²) in [6.45, 7) is 0. The second kappa shape index (κ2) is 3.20. The van der Waals surface area contributed by atoms with Crippen LogP contribution in [0.2, 0.25) is 0 Å². The first kappa shape index (κ1) is 8.17. The third kappa shape index (κ3) is 1.29. The summed E-state index contributed by atoms with van der Waals surface area (Å²) in [6, 6.07) is 12.1. The second-order valence-corrected chi connectivity index (χ2v) is 3.36. The molecule has 3 heteroatoms. The summed E-state index contributed by atoms with van der Waals surface area (Å²) in [6.07, 6.45) is 3.67. The summed E-state index contributed by atoms with van der Waals surface area (Å²) in [5, 5.41) is 10.4. The molecule has 72 valence electrons. The Balaban J connectivity index is 2.36. The molecular formula is C12H9N3. The van der Waals surface area contributed by atoms with E-state index in [9.17, 15) is 0 Å². The minimum Gasteiger partial charge on any atom is -0.360 e. The van der Waals surface area contributed by atoms with Crippen molar-refractivity contribution >= 4 is 10.8 Å². The van der Waals surface area contributed by atoms with Gasteiger partial charge in [-0.15, -0.1) is 5.10 Å². The van der Waals surface area contributed by atoms with Crippen LogP contribution in [0.5, 0.6) is 0 Å². The minimum absolute atomic E-state index is 0.901. The van der Waals surface area contributed by atoms with Crippen molar-refractivity contribution in [1.82, 2.24) is 15.2 Å². The molecule has 2 heterocycles. The summed E-state index contributed by atoms with van der Waals surface area (Å²) < 4.78 is 0. The van der Waals surface area contributed by atoms with E-state index in [1.54, 1.807) is 6.20 Å². The van der Waals surface area contributed by atoms with Crippen molar-refractivity contribution < 1.29 is 0 Å². The van der Waals surface area contributed by atoms with Gasteiger partial charge in [-0.25, -0.2) is 0 Å². The van der Waals surface area contributed by atoms with Crippen molar-refractivity contribution in [3.05, 3.63) is 48.8 Å². The van der Waals surface area contributed by atoms with Gasteiger partial charge in [0.15, 0.2) is 0 Å². The first-order chi connectivity index (χ1) is 7.45. The largest absolute Gasteiger partial charge is 0.360 e. The van der Waals surface area contributed by atoms with E-state index in [1.807, 2.05) is 36.5 Å². The van der Waals surface area contributed by atoms with Gasteiger partial charge in [-0.05, 0) is 12.1 Å². The Morgan fingerprint density at radius 1 is 1.00 bits per heavy atom. The molecule has 3 aromatic rings.